The average molecular weight is 396 g/mol. The third kappa shape index (κ3) is 4.07. The Balaban J connectivity index is 1.58. The second-order valence-electron chi connectivity index (χ2n) is 8.42. The summed E-state index contributed by atoms with van der Waals surface area (Å²) in [5, 5.41) is 7.26. The summed E-state index contributed by atoms with van der Waals surface area (Å²) in [7, 11) is 0. The van der Waals surface area contributed by atoms with Crippen LogP contribution >= 0.6 is 0 Å². The van der Waals surface area contributed by atoms with Crippen LogP contribution in [-0.2, 0) is 16.0 Å². The summed E-state index contributed by atoms with van der Waals surface area (Å²) in [6.45, 7) is 5.23. The fourth-order valence-electron chi connectivity index (χ4n) is 4.36. The van der Waals surface area contributed by atoms with Crippen molar-refractivity contribution in [2.75, 3.05) is 19.7 Å². The number of H-pyrrole nitrogens is 1. The normalized spacial score (nSPS) is 21.8. The molecule has 1 aliphatic heterocycles. The molecule has 0 spiro atoms. The number of rotatable bonds is 6. The predicted molar refractivity (Wildman–Crippen MR) is 110 cm³/mol. The molecule has 1 N–H and O–H groups in total. The molecular weight excluding hydrogens is 366 g/mol. The predicted octanol–water partition coefficient (Wildman–Crippen LogP) is 3.62. The minimum Gasteiger partial charge on any atom is -0.466 e. The zero-order chi connectivity index (χ0) is 20.4. The SMILES string of the molecule is CCOC(=O)[C@]1(Cc2ccccc2C)CCCN(C(=O)c2cc(C3CC3)[nH]n2)C1. The summed E-state index contributed by atoms with van der Waals surface area (Å²) < 4.78 is 5.48. The molecule has 1 aromatic carbocycles. The number of aromatic amines is 1. The van der Waals surface area contributed by atoms with Crippen LogP contribution in [0, 0.1) is 12.3 Å². The van der Waals surface area contributed by atoms with Crippen LogP contribution in [0.4, 0.5) is 0 Å². The molecule has 2 fully saturated rings. The van der Waals surface area contributed by atoms with Gasteiger partial charge in [-0.1, -0.05) is 24.3 Å². The van der Waals surface area contributed by atoms with Gasteiger partial charge in [-0.05, 0) is 63.1 Å². The van der Waals surface area contributed by atoms with Crippen LogP contribution in [0.2, 0.25) is 0 Å². The number of nitrogens with zero attached hydrogens (tertiary/aromatic N) is 2. The molecule has 1 saturated heterocycles. The summed E-state index contributed by atoms with van der Waals surface area (Å²) in [6.07, 6.45) is 4.38. The first-order valence-electron chi connectivity index (χ1n) is 10.6. The number of piperidine rings is 1. The third-order valence-electron chi connectivity index (χ3n) is 6.20. The van der Waals surface area contributed by atoms with E-state index in [-0.39, 0.29) is 11.9 Å². The van der Waals surface area contributed by atoms with Crippen molar-refractivity contribution in [3.05, 3.63) is 52.8 Å². The highest BCUT2D eigenvalue weighted by molar-refractivity contribution is 5.93. The second-order valence-corrected chi connectivity index (χ2v) is 8.42. The van der Waals surface area contributed by atoms with E-state index < -0.39 is 5.41 Å². The fraction of sp³-hybridized carbons (Fsp3) is 0.522. The Morgan fingerprint density at radius 3 is 2.83 bits per heavy atom. The molecule has 1 saturated carbocycles. The van der Waals surface area contributed by atoms with Crippen molar-refractivity contribution in [3.63, 3.8) is 0 Å². The summed E-state index contributed by atoms with van der Waals surface area (Å²) in [4.78, 5) is 28.0. The molecule has 6 nitrogen and oxygen atoms in total. The number of benzene rings is 1. The Morgan fingerprint density at radius 2 is 2.10 bits per heavy atom. The van der Waals surface area contributed by atoms with Gasteiger partial charge in [0, 0.05) is 24.7 Å². The molecule has 0 bridgehead atoms. The van der Waals surface area contributed by atoms with Gasteiger partial charge in [-0.3, -0.25) is 14.7 Å². The Hall–Kier alpha value is -2.63. The third-order valence-corrected chi connectivity index (χ3v) is 6.20. The summed E-state index contributed by atoms with van der Waals surface area (Å²) >= 11 is 0. The molecule has 2 aliphatic rings. The second kappa shape index (κ2) is 8.01. The van der Waals surface area contributed by atoms with E-state index >= 15 is 0 Å². The molecule has 1 atom stereocenters. The Kier molecular flexibility index (Phi) is 5.43. The van der Waals surface area contributed by atoms with Crippen LogP contribution in [0.25, 0.3) is 0 Å². The van der Waals surface area contributed by atoms with Crippen molar-refractivity contribution in [2.24, 2.45) is 5.41 Å². The number of ether oxygens (including phenoxy) is 1. The molecule has 29 heavy (non-hydrogen) atoms. The van der Waals surface area contributed by atoms with Gasteiger partial charge < -0.3 is 9.64 Å². The van der Waals surface area contributed by atoms with E-state index in [4.69, 9.17) is 4.74 Å². The monoisotopic (exact) mass is 395 g/mol. The molecule has 1 aromatic heterocycles. The van der Waals surface area contributed by atoms with Crippen molar-refractivity contribution < 1.29 is 14.3 Å². The number of nitrogens with one attached hydrogen (secondary N) is 1. The van der Waals surface area contributed by atoms with Gasteiger partial charge in [0.05, 0.1) is 12.0 Å². The number of amides is 1. The molecule has 6 heteroatoms. The largest absolute Gasteiger partial charge is 0.466 e. The topological polar surface area (TPSA) is 75.3 Å². The minimum absolute atomic E-state index is 0.105. The van der Waals surface area contributed by atoms with E-state index in [0.29, 0.717) is 37.7 Å². The molecule has 2 heterocycles. The molecule has 1 amide bonds. The molecule has 0 radical (unpaired) electrons. The molecular formula is C23H29N3O3. The van der Waals surface area contributed by atoms with Gasteiger partial charge in [-0.2, -0.15) is 5.10 Å². The lowest BCUT2D eigenvalue weighted by atomic mass is 9.74. The average Bonchev–Trinajstić information content (AvgIpc) is 3.46. The van der Waals surface area contributed by atoms with Gasteiger partial charge in [0.2, 0.25) is 0 Å². The lowest BCUT2D eigenvalue weighted by Crippen LogP contribution is -2.51. The number of hydrogen-bond acceptors (Lipinski definition) is 4. The molecule has 1 aliphatic carbocycles. The first-order chi connectivity index (χ1) is 14.0. The molecule has 0 unspecified atom stereocenters. The maximum Gasteiger partial charge on any atom is 0.314 e. The summed E-state index contributed by atoms with van der Waals surface area (Å²) in [6, 6.07) is 10.00. The zero-order valence-electron chi connectivity index (χ0n) is 17.2. The van der Waals surface area contributed by atoms with Crippen molar-refractivity contribution >= 4 is 11.9 Å². The fourth-order valence-corrected chi connectivity index (χ4v) is 4.36. The molecule has 4 rings (SSSR count). The van der Waals surface area contributed by atoms with E-state index in [1.165, 1.54) is 0 Å². The van der Waals surface area contributed by atoms with E-state index in [0.717, 1.165) is 42.5 Å². The van der Waals surface area contributed by atoms with Crippen molar-refractivity contribution in [2.45, 2.75) is 51.9 Å². The van der Waals surface area contributed by atoms with Crippen LogP contribution < -0.4 is 0 Å². The van der Waals surface area contributed by atoms with Gasteiger partial charge >= 0.3 is 5.97 Å². The number of carbonyl (C=O) groups excluding carboxylic acids is 2. The highest BCUT2D eigenvalue weighted by atomic mass is 16.5. The molecule has 154 valence electrons. The smallest absolute Gasteiger partial charge is 0.314 e. The quantitative estimate of drug-likeness (QED) is 0.758. The van der Waals surface area contributed by atoms with E-state index in [1.54, 1.807) is 4.90 Å². The van der Waals surface area contributed by atoms with Crippen LogP contribution in [0.15, 0.2) is 30.3 Å². The Labute approximate surface area is 171 Å². The minimum atomic E-state index is -0.717. The standard InChI is InChI=1S/C23H29N3O3/c1-3-29-22(28)23(14-18-8-5-4-7-16(18)2)11-6-12-26(15-23)21(27)20-13-19(24-25-20)17-9-10-17/h4-5,7-8,13,17H,3,6,9-12,14-15H2,1-2H3,(H,24,25)/t23-/m0/s1. The number of likely N-dealkylation sites (tertiary alicyclic amines) is 1. The van der Waals surface area contributed by atoms with Gasteiger partial charge in [-0.15, -0.1) is 0 Å². The number of carbonyl (C=O) groups is 2. The van der Waals surface area contributed by atoms with E-state index in [9.17, 15) is 9.59 Å². The van der Waals surface area contributed by atoms with Crippen LogP contribution in [0.1, 0.15) is 65.8 Å². The van der Waals surface area contributed by atoms with Crippen molar-refractivity contribution in [3.8, 4) is 0 Å². The van der Waals surface area contributed by atoms with E-state index in [1.807, 2.05) is 25.1 Å². The first kappa shape index (κ1) is 19.7. The summed E-state index contributed by atoms with van der Waals surface area (Å²) in [5.41, 5.74) is 3.06. The Bertz CT molecular complexity index is 902. The van der Waals surface area contributed by atoms with Crippen LogP contribution in [0.5, 0.6) is 0 Å². The van der Waals surface area contributed by atoms with Crippen LogP contribution in [0.3, 0.4) is 0 Å². The molecule has 2 aromatic rings. The first-order valence-corrected chi connectivity index (χ1v) is 10.6. The van der Waals surface area contributed by atoms with Gasteiger partial charge in [-0.25, -0.2) is 0 Å². The number of aromatic nitrogens is 2. The van der Waals surface area contributed by atoms with Crippen molar-refractivity contribution in [1.29, 1.82) is 0 Å². The Morgan fingerprint density at radius 1 is 1.31 bits per heavy atom. The number of aryl methyl sites for hydroxylation is 1. The van der Waals surface area contributed by atoms with Gasteiger partial charge in [0.25, 0.3) is 5.91 Å². The number of hydrogen-bond donors (Lipinski definition) is 1. The van der Waals surface area contributed by atoms with Crippen molar-refractivity contribution in [1.82, 2.24) is 15.1 Å². The summed E-state index contributed by atoms with van der Waals surface area (Å²) in [5.74, 6) is 0.206. The maximum absolute atomic E-state index is 13.1. The van der Waals surface area contributed by atoms with Gasteiger partial charge in [0.1, 0.15) is 5.69 Å². The van der Waals surface area contributed by atoms with E-state index in [2.05, 4.69) is 29.3 Å². The van der Waals surface area contributed by atoms with Gasteiger partial charge in [0.15, 0.2) is 0 Å². The maximum atomic E-state index is 13.1. The number of esters is 1. The lowest BCUT2D eigenvalue weighted by molar-refractivity contribution is -0.158. The highest BCUT2D eigenvalue weighted by Gasteiger charge is 2.45. The lowest BCUT2D eigenvalue weighted by Gasteiger charge is -2.41. The van der Waals surface area contributed by atoms with Crippen LogP contribution in [-0.4, -0.2) is 46.7 Å². The zero-order valence-corrected chi connectivity index (χ0v) is 17.2. The highest BCUT2D eigenvalue weighted by Crippen LogP contribution is 2.40.